The molecule has 9 heteroatoms. The van der Waals surface area contributed by atoms with Gasteiger partial charge >= 0.3 is 6.03 Å². The van der Waals surface area contributed by atoms with Gasteiger partial charge in [-0.15, -0.1) is 0 Å². The summed E-state index contributed by atoms with van der Waals surface area (Å²) in [5.74, 6) is 1.56. The molecule has 0 saturated heterocycles. The van der Waals surface area contributed by atoms with Crippen molar-refractivity contribution in [3.63, 3.8) is 0 Å². The number of nitrogens with one attached hydrogen (secondary N) is 2. The van der Waals surface area contributed by atoms with Crippen LogP contribution >= 0.6 is 0 Å². The topological polar surface area (TPSA) is 103 Å². The molecule has 1 saturated carbocycles. The fraction of sp³-hybridized carbons (Fsp3) is 0.500. The zero-order chi connectivity index (χ0) is 26.5. The quantitative estimate of drug-likeness (QED) is 0.473. The molecule has 1 aliphatic carbocycles. The number of carbonyl (C=O) groups excluding carboxylic acids is 2. The van der Waals surface area contributed by atoms with Crippen molar-refractivity contribution in [2.45, 2.75) is 38.8 Å². The summed E-state index contributed by atoms with van der Waals surface area (Å²) in [5, 5.41) is 15.5. The first kappa shape index (κ1) is 26.8. The second kappa shape index (κ2) is 11.8. The van der Waals surface area contributed by atoms with Crippen molar-refractivity contribution in [3.8, 4) is 11.5 Å². The van der Waals surface area contributed by atoms with Gasteiger partial charge in [-0.1, -0.05) is 13.0 Å². The lowest BCUT2D eigenvalue weighted by molar-refractivity contribution is 0.0346. The highest BCUT2D eigenvalue weighted by molar-refractivity contribution is 6.04. The van der Waals surface area contributed by atoms with Crippen LogP contribution in [0.15, 0.2) is 42.5 Å². The minimum absolute atomic E-state index is 0.00827. The van der Waals surface area contributed by atoms with Crippen LogP contribution in [0.1, 0.15) is 37.0 Å². The number of nitrogens with zero attached hydrogens (tertiary/aromatic N) is 2. The highest BCUT2D eigenvalue weighted by Crippen LogP contribution is 2.35. The fourth-order valence-corrected chi connectivity index (χ4v) is 4.64. The average Bonchev–Trinajstić information content (AvgIpc) is 3.70. The molecule has 37 heavy (non-hydrogen) atoms. The summed E-state index contributed by atoms with van der Waals surface area (Å²) in [4.78, 5) is 30.5. The van der Waals surface area contributed by atoms with E-state index in [4.69, 9.17) is 9.47 Å². The van der Waals surface area contributed by atoms with E-state index in [1.165, 1.54) is 12.8 Å². The Labute approximate surface area is 218 Å². The largest absolute Gasteiger partial charge is 0.497 e. The fourth-order valence-electron chi connectivity index (χ4n) is 4.64. The predicted molar refractivity (Wildman–Crippen MR) is 143 cm³/mol. The van der Waals surface area contributed by atoms with E-state index >= 15 is 0 Å². The van der Waals surface area contributed by atoms with Gasteiger partial charge < -0.3 is 35.0 Å². The molecule has 2 aromatic rings. The summed E-state index contributed by atoms with van der Waals surface area (Å²) in [7, 11) is 3.68. The first-order valence-corrected chi connectivity index (χ1v) is 12.9. The lowest BCUT2D eigenvalue weighted by Crippen LogP contribution is -2.50. The number of methoxy groups -OCH3 is 1. The van der Waals surface area contributed by atoms with Crippen LogP contribution in [0.2, 0.25) is 0 Å². The molecule has 4 rings (SSSR count). The smallest absolute Gasteiger partial charge is 0.323 e. The Hall–Kier alpha value is -3.30. The lowest BCUT2D eigenvalue weighted by Gasteiger charge is -2.38. The number of urea groups is 1. The van der Waals surface area contributed by atoms with Crippen LogP contribution in [-0.4, -0.2) is 79.4 Å². The SMILES string of the molecule is COc1ccc(NC(=O)Nc2cccc3c2O[C@@H](CN(C)CC2CC2)[C@H](C)CN([C@@H](C)CO)C3=O)cc1. The van der Waals surface area contributed by atoms with Crippen LogP contribution < -0.4 is 20.1 Å². The van der Waals surface area contributed by atoms with Crippen molar-refractivity contribution >= 4 is 23.3 Å². The summed E-state index contributed by atoms with van der Waals surface area (Å²) >= 11 is 0. The Kier molecular flexibility index (Phi) is 8.56. The third kappa shape index (κ3) is 6.72. The second-order valence-electron chi connectivity index (χ2n) is 10.3. The third-order valence-corrected chi connectivity index (χ3v) is 7.05. The van der Waals surface area contributed by atoms with E-state index in [1.54, 1.807) is 54.5 Å². The molecule has 0 radical (unpaired) electrons. The van der Waals surface area contributed by atoms with Crippen molar-refractivity contribution in [2.24, 2.45) is 11.8 Å². The number of anilines is 2. The lowest BCUT2D eigenvalue weighted by atomic mass is 9.99. The predicted octanol–water partition coefficient (Wildman–Crippen LogP) is 3.90. The molecule has 1 heterocycles. The van der Waals surface area contributed by atoms with Gasteiger partial charge in [-0.25, -0.2) is 4.79 Å². The number of hydrogen-bond acceptors (Lipinski definition) is 6. The van der Waals surface area contributed by atoms with E-state index < -0.39 is 6.03 Å². The maximum atomic E-state index is 13.6. The third-order valence-electron chi connectivity index (χ3n) is 7.05. The number of para-hydroxylation sites is 1. The molecule has 0 bridgehead atoms. The molecule has 0 unspecified atom stereocenters. The van der Waals surface area contributed by atoms with E-state index in [9.17, 15) is 14.7 Å². The Morgan fingerprint density at radius 1 is 1.19 bits per heavy atom. The van der Waals surface area contributed by atoms with Crippen molar-refractivity contribution in [2.75, 3.05) is 51.0 Å². The Morgan fingerprint density at radius 2 is 1.92 bits per heavy atom. The molecular formula is C28H38N4O5. The van der Waals surface area contributed by atoms with E-state index in [2.05, 4.69) is 29.5 Å². The number of carbonyl (C=O) groups is 2. The molecule has 3 atom stereocenters. The summed E-state index contributed by atoms with van der Waals surface area (Å²) in [6.07, 6.45) is 2.32. The summed E-state index contributed by atoms with van der Waals surface area (Å²) < 4.78 is 11.7. The van der Waals surface area contributed by atoms with E-state index in [-0.39, 0.29) is 30.6 Å². The van der Waals surface area contributed by atoms with Gasteiger partial charge in [0.2, 0.25) is 0 Å². The molecule has 1 aliphatic heterocycles. The van der Waals surface area contributed by atoms with Crippen LogP contribution in [0, 0.1) is 11.8 Å². The van der Waals surface area contributed by atoms with Crippen molar-refractivity contribution in [1.29, 1.82) is 0 Å². The number of ether oxygens (including phenoxy) is 2. The standard InChI is InChI=1S/C28H38N4O5/c1-18-14-32(19(2)17-33)27(34)23-6-5-7-24(26(23)37-25(18)16-31(3)15-20-8-9-20)30-28(35)29-21-10-12-22(36-4)13-11-21/h5-7,10-13,18-20,25,33H,8-9,14-17H2,1-4H3,(H2,29,30,35)/t18-,19+,25+/m1/s1. The van der Waals surface area contributed by atoms with Gasteiger partial charge in [-0.05, 0) is 69.1 Å². The van der Waals surface area contributed by atoms with E-state index in [1.807, 2.05) is 6.92 Å². The molecule has 9 nitrogen and oxygen atoms in total. The Bertz CT molecular complexity index is 1090. The number of likely N-dealkylation sites (N-methyl/N-ethyl adjacent to an activating group) is 1. The summed E-state index contributed by atoms with van der Waals surface area (Å²) in [6.45, 7) is 5.95. The van der Waals surface area contributed by atoms with Crippen molar-refractivity contribution in [3.05, 3.63) is 48.0 Å². The van der Waals surface area contributed by atoms with Crippen LogP contribution in [-0.2, 0) is 0 Å². The second-order valence-corrected chi connectivity index (χ2v) is 10.3. The minimum Gasteiger partial charge on any atom is -0.497 e. The zero-order valence-corrected chi connectivity index (χ0v) is 22.1. The van der Waals surface area contributed by atoms with Crippen LogP contribution in [0.25, 0.3) is 0 Å². The maximum absolute atomic E-state index is 13.6. The molecule has 3 amide bonds. The maximum Gasteiger partial charge on any atom is 0.323 e. The Balaban J connectivity index is 1.61. The van der Waals surface area contributed by atoms with Crippen molar-refractivity contribution < 1.29 is 24.2 Å². The van der Waals surface area contributed by atoms with Crippen molar-refractivity contribution in [1.82, 2.24) is 9.80 Å². The molecule has 2 aromatic carbocycles. The average molecular weight is 511 g/mol. The molecular weight excluding hydrogens is 472 g/mol. The van der Waals surface area contributed by atoms with Gasteiger partial charge in [0.15, 0.2) is 5.75 Å². The number of benzene rings is 2. The molecule has 2 aliphatic rings. The van der Waals surface area contributed by atoms with Gasteiger partial charge in [0.05, 0.1) is 31.0 Å². The van der Waals surface area contributed by atoms with E-state index in [0.29, 0.717) is 41.5 Å². The van der Waals surface area contributed by atoms with Crippen LogP contribution in [0.3, 0.4) is 0 Å². The normalized spacial score (nSPS) is 20.4. The van der Waals surface area contributed by atoms with E-state index in [0.717, 1.165) is 12.5 Å². The van der Waals surface area contributed by atoms with Gasteiger partial charge in [0.25, 0.3) is 5.91 Å². The van der Waals surface area contributed by atoms with Crippen LogP contribution in [0.4, 0.5) is 16.2 Å². The first-order valence-electron chi connectivity index (χ1n) is 12.9. The first-order chi connectivity index (χ1) is 17.8. The van der Waals surface area contributed by atoms with Gasteiger partial charge in [0.1, 0.15) is 11.9 Å². The molecule has 200 valence electrons. The number of fused-ring (bicyclic) bond motifs is 1. The van der Waals surface area contributed by atoms with Gasteiger partial charge in [-0.3, -0.25) is 4.79 Å². The number of aliphatic hydroxyl groups excluding tert-OH is 1. The monoisotopic (exact) mass is 510 g/mol. The summed E-state index contributed by atoms with van der Waals surface area (Å²) in [6, 6.07) is 11.4. The molecule has 0 aromatic heterocycles. The zero-order valence-electron chi connectivity index (χ0n) is 22.1. The molecule has 1 fully saturated rings. The number of aliphatic hydroxyl groups is 1. The number of hydrogen-bond donors (Lipinski definition) is 3. The molecule has 3 N–H and O–H groups in total. The van der Waals surface area contributed by atoms with Gasteiger partial charge in [-0.2, -0.15) is 0 Å². The van der Waals surface area contributed by atoms with Crippen LogP contribution in [0.5, 0.6) is 11.5 Å². The molecule has 0 spiro atoms. The van der Waals surface area contributed by atoms with Gasteiger partial charge in [0, 0.05) is 31.2 Å². The number of rotatable bonds is 9. The number of amides is 3. The summed E-state index contributed by atoms with van der Waals surface area (Å²) in [5.41, 5.74) is 1.38. The minimum atomic E-state index is -0.451. The highest BCUT2D eigenvalue weighted by atomic mass is 16.5. The Morgan fingerprint density at radius 3 is 2.57 bits per heavy atom. The highest BCUT2D eigenvalue weighted by Gasteiger charge is 2.35.